The lowest BCUT2D eigenvalue weighted by Gasteiger charge is -2.11. The second kappa shape index (κ2) is 3.95. The van der Waals surface area contributed by atoms with Crippen molar-refractivity contribution in [1.82, 2.24) is 0 Å². The molecule has 1 aromatic rings. The summed E-state index contributed by atoms with van der Waals surface area (Å²) in [5.41, 5.74) is -0.644. The Morgan fingerprint density at radius 3 is 2.53 bits per heavy atom. The highest BCUT2D eigenvalue weighted by atomic mass is 19.4. The summed E-state index contributed by atoms with van der Waals surface area (Å²) in [4.78, 5) is 0. The Morgan fingerprint density at radius 2 is 2.06 bits per heavy atom. The van der Waals surface area contributed by atoms with Crippen molar-refractivity contribution in [2.24, 2.45) is 5.92 Å². The number of rotatable bonds is 2. The molecule has 1 aliphatic carbocycles. The van der Waals surface area contributed by atoms with Crippen LogP contribution in [0.3, 0.4) is 0 Å². The minimum atomic E-state index is -4.48. The Kier molecular flexibility index (Phi) is 2.74. The fraction of sp³-hybridized carbons (Fsp3) is 0.417. The minimum absolute atomic E-state index is 0.318. The molecule has 0 radical (unpaired) electrons. The van der Waals surface area contributed by atoms with Gasteiger partial charge in [-0.05, 0) is 30.5 Å². The number of nitrogens with one attached hydrogen (secondary N) is 1. The molecule has 0 heterocycles. The Morgan fingerprint density at radius 1 is 1.41 bits per heavy atom. The average molecular weight is 240 g/mol. The molecule has 2 nitrogen and oxygen atoms in total. The molecular formula is C12H11F3N2. The number of nitriles is 1. The molecule has 1 fully saturated rings. The standard InChI is InChI=1S/C12H11F3N2/c1-7-4-11(7)17-9-2-3-10(12(13,14)15)8(5-9)6-16/h2-3,5,7,11,17H,4H2,1H3. The van der Waals surface area contributed by atoms with Crippen molar-refractivity contribution in [2.75, 3.05) is 5.32 Å². The number of alkyl halides is 3. The molecule has 17 heavy (non-hydrogen) atoms. The van der Waals surface area contributed by atoms with Gasteiger partial charge in [0.2, 0.25) is 0 Å². The second-order valence-electron chi connectivity index (χ2n) is 4.33. The van der Waals surface area contributed by atoms with Gasteiger partial charge in [-0.25, -0.2) is 0 Å². The normalized spacial score (nSPS) is 23.0. The fourth-order valence-electron chi connectivity index (χ4n) is 1.71. The summed E-state index contributed by atoms with van der Waals surface area (Å²) in [5.74, 6) is 0.544. The molecule has 2 unspecified atom stereocenters. The van der Waals surface area contributed by atoms with Gasteiger partial charge in [0.25, 0.3) is 0 Å². The maximum atomic E-state index is 12.5. The predicted molar refractivity (Wildman–Crippen MR) is 57.4 cm³/mol. The smallest absolute Gasteiger partial charge is 0.382 e. The van der Waals surface area contributed by atoms with Crippen LogP contribution in [0.15, 0.2) is 18.2 Å². The van der Waals surface area contributed by atoms with E-state index in [9.17, 15) is 13.2 Å². The summed E-state index contributed by atoms with van der Waals surface area (Å²) in [5, 5.41) is 11.8. The first-order valence-electron chi connectivity index (χ1n) is 5.29. The van der Waals surface area contributed by atoms with E-state index in [0.717, 1.165) is 12.5 Å². The first-order chi connectivity index (χ1) is 7.91. The van der Waals surface area contributed by atoms with E-state index in [0.29, 0.717) is 17.6 Å². The van der Waals surface area contributed by atoms with Crippen molar-refractivity contribution in [3.05, 3.63) is 29.3 Å². The second-order valence-corrected chi connectivity index (χ2v) is 4.33. The molecule has 5 heteroatoms. The van der Waals surface area contributed by atoms with Crippen molar-refractivity contribution in [3.63, 3.8) is 0 Å². The van der Waals surface area contributed by atoms with Gasteiger partial charge in [-0.15, -0.1) is 0 Å². The molecule has 0 bridgehead atoms. The highest BCUT2D eigenvalue weighted by molar-refractivity contribution is 5.54. The van der Waals surface area contributed by atoms with E-state index in [1.807, 2.05) is 0 Å². The lowest BCUT2D eigenvalue weighted by molar-refractivity contribution is -0.137. The molecule has 1 saturated carbocycles. The van der Waals surface area contributed by atoms with Crippen LogP contribution in [0.2, 0.25) is 0 Å². The first-order valence-corrected chi connectivity index (χ1v) is 5.29. The molecule has 90 valence electrons. The van der Waals surface area contributed by atoms with Crippen LogP contribution in [-0.2, 0) is 6.18 Å². The van der Waals surface area contributed by atoms with Crippen LogP contribution in [0.4, 0.5) is 18.9 Å². The quantitative estimate of drug-likeness (QED) is 0.860. The van der Waals surface area contributed by atoms with Gasteiger partial charge in [-0.3, -0.25) is 0 Å². The molecule has 1 N–H and O–H groups in total. The van der Waals surface area contributed by atoms with Gasteiger partial charge < -0.3 is 5.32 Å². The Labute approximate surface area is 97.1 Å². The van der Waals surface area contributed by atoms with Gasteiger partial charge in [-0.1, -0.05) is 6.92 Å². The van der Waals surface area contributed by atoms with Crippen molar-refractivity contribution >= 4 is 5.69 Å². The van der Waals surface area contributed by atoms with Crippen LogP contribution >= 0.6 is 0 Å². The van der Waals surface area contributed by atoms with Crippen LogP contribution in [0.5, 0.6) is 0 Å². The summed E-state index contributed by atoms with van der Waals surface area (Å²) < 4.78 is 37.6. The molecular weight excluding hydrogens is 229 g/mol. The van der Waals surface area contributed by atoms with Crippen molar-refractivity contribution in [2.45, 2.75) is 25.6 Å². The lowest BCUT2D eigenvalue weighted by atomic mass is 10.1. The highest BCUT2D eigenvalue weighted by Crippen LogP contribution is 2.36. The van der Waals surface area contributed by atoms with Gasteiger partial charge in [-0.2, -0.15) is 18.4 Å². The predicted octanol–water partition coefficient (Wildman–Crippen LogP) is 3.40. The summed E-state index contributed by atoms with van der Waals surface area (Å²) in [6.07, 6.45) is -3.46. The molecule has 0 saturated heterocycles. The number of hydrogen-bond acceptors (Lipinski definition) is 2. The summed E-state index contributed by atoms with van der Waals surface area (Å²) in [7, 11) is 0. The molecule has 2 rings (SSSR count). The van der Waals surface area contributed by atoms with E-state index >= 15 is 0 Å². The summed E-state index contributed by atoms with van der Waals surface area (Å²) in [6.45, 7) is 2.06. The van der Waals surface area contributed by atoms with Crippen molar-refractivity contribution < 1.29 is 13.2 Å². The average Bonchev–Trinajstić information content (AvgIpc) is 2.92. The van der Waals surface area contributed by atoms with E-state index in [4.69, 9.17) is 5.26 Å². The Hall–Kier alpha value is -1.70. The molecule has 0 aromatic heterocycles. The van der Waals surface area contributed by atoms with E-state index in [-0.39, 0.29) is 5.56 Å². The minimum Gasteiger partial charge on any atom is -0.382 e. The van der Waals surface area contributed by atoms with Gasteiger partial charge in [0, 0.05) is 11.7 Å². The van der Waals surface area contributed by atoms with E-state index in [1.165, 1.54) is 12.1 Å². The highest BCUT2D eigenvalue weighted by Gasteiger charge is 2.35. The van der Waals surface area contributed by atoms with Crippen LogP contribution in [0, 0.1) is 17.2 Å². The Balaban J connectivity index is 2.25. The van der Waals surface area contributed by atoms with Crippen LogP contribution in [0.25, 0.3) is 0 Å². The van der Waals surface area contributed by atoms with E-state index < -0.39 is 11.7 Å². The number of benzene rings is 1. The van der Waals surface area contributed by atoms with Crippen LogP contribution in [0.1, 0.15) is 24.5 Å². The molecule has 1 aliphatic rings. The summed E-state index contributed by atoms with van der Waals surface area (Å²) >= 11 is 0. The molecule has 2 atom stereocenters. The third-order valence-corrected chi connectivity index (χ3v) is 2.91. The zero-order valence-corrected chi connectivity index (χ0v) is 9.17. The molecule has 0 aliphatic heterocycles. The molecule has 1 aromatic carbocycles. The zero-order chi connectivity index (χ0) is 12.6. The van der Waals surface area contributed by atoms with Crippen molar-refractivity contribution in [1.29, 1.82) is 5.26 Å². The van der Waals surface area contributed by atoms with Crippen molar-refractivity contribution in [3.8, 4) is 6.07 Å². The fourth-order valence-corrected chi connectivity index (χ4v) is 1.71. The van der Waals surface area contributed by atoms with Gasteiger partial charge in [0.15, 0.2) is 0 Å². The third-order valence-electron chi connectivity index (χ3n) is 2.91. The maximum Gasteiger partial charge on any atom is 0.417 e. The maximum absolute atomic E-state index is 12.5. The monoisotopic (exact) mass is 240 g/mol. The third kappa shape index (κ3) is 2.52. The van der Waals surface area contributed by atoms with Gasteiger partial charge in [0.05, 0.1) is 17.2 Å². The zero-order valence-electron chi connectivity index (χ0n) is 9.17. The SMILES string of the molecule is CC1CC1Nc1ccc(C(F)(F)F)c(C#N)c1. The van der Waals surface area contributed by atoms with Gasteiger partial charge in [0.1, 0.15) is 0 Å². The summed E-state index contributed by atoms with van der Waals surface area (Å²) in [6, 6.07) is 5.49. The van der Waals surface area contributed by atoms with Crippen LogP contribution < -0.4 is 5.32 Å². The number of nitrogens with zero attached hydrogens (tertiary/aromatic N) is 1. The molecule has 0 amide bonds. The van der Waals surface area contributed by atoms with Crippen LogP contribution in [-0.4, -0.2) is 6.04 Å². The number of halogens is 3. The lowest BCUT2D eigenvalue weighted by Crippen LogP contribution is -2.09. The van der Waals surface area contributed by atoms with E-state index in [1.54, 1.807) is 6.07 Å². The molecule has 0 spiro atoms. The number of hydrogen-bond donors (Lipinski definition) is 1. The van der Waals surface area contributed by atoms with E-state index in [2.05, 4.69) is 12.2 Å². The Bertz CT molecular complexity index is 474. The number of anilines is 1. The largest absolute Gasteiger partial charge is 0.417 e. The first kappa shape index (κ1) is 11.8. The van der Waals surface area contributed by atoms with Gasteiger partial charge >= 0.3 is 6.18 Å². The topological polar surface area (TPSA) is 35.8 Å².